The highest BCUT2D eigenvalue weighted by Crippen LogP contribution is 2.45. The van der Waals surface area contributed by atoms with Gasteiger partial charge in [0, 0.05) is 12.5 Å². The summed E-state index contributed by atoms with van der Waals surface area (Å²) in [5.41, 5.74) is 0. The minimum atomic E-state index is -2.34. The van der Waals surface area contributed by atoms with Crippen molar-refractivity contribution >= 4 is 8.32 Å². The van der Waals surface area contributed by atoms with Crippen molar-refractivity contribution in [3.63, 3.8) is 0 Å². The molecule has 5 heteroatoms. The van der Waals surface area contributed by atoms with E-state index in [-0.39, 0.29) is 29.8 Å². The van der Waals surface area contributed by atoms with Crippen molar-refractivity contribution in [2.45, 2.75) is 161 Å². The van der Waals surface area contributed by atoms with Crippen molar-refractivity contribution in [3.8, 4) is 0 Å². The summed E-state index contributed by atoms with van der Waals surface area (Å²) in [5.74, 6) is -0.607. The molecular weight excluding hydrogens is 416 g/mol. The fourth-order valence-corrected chi connectivity index (χ4v) is 5.62. The zero-order chi connectivity index (χ0) is 24.3. The van der Waals surface area contributed by atoms with E-state index in [0.29, 0.717) is 0 Å². The van der Waals surface area contributed by atoms with Crippen LogP contribution in [-0.2, 0) is 9.47 Å². The molecule has 1 aliphatic rings. The molecule has 1 rings (SSSR count). The van der Waals surface area contributed by atoms with Gasteiger partial charge < -0.3 is 19.4 Å². The first kappa shape index (κ1) is 30.1. The highest BCUT2D eigenvalue weighted by atomic mass is 28.4. The molecule has 0 aromatic carbocycles. The molecule has 0 saturated carbocycles. The van der Waals surface area contributed by atoms with E-state index in [1.54, 1.807) is 0 Å². The predicted molar refractivity (Wildman–Crippen MR) is 138 cm³/mol. The molecule has 2 N–H and O–H groups in total. The second-order valence-electron chi connectivity index (χ2n) is 11.9. The third-order valence-corrected chi connectivity index (χ3v) is 11.2. The second-order valence-corrected chi connectivity index (χ2v) is 16.4. The van der Waals surface area contributed by atoms with Crippen LogP contribution >= 0.6 is 0 Å². The third-order valence-electron chi connectivity index (χ3n) is 7.69. The van der Waals surface area contributed by atoms with Crippen LogP contribution in [0.3, 0.4) is 0 Å². The lowest BCUT2D eigenvalue weighted by Crippen LogP contribution is -2.43. The van der Waals surface area contributed by atoms with Crippen LogP contribution in [0.4, 0.5) is 0 Å². The molecule has 0 amide bonds. The minimum Gasteiger partial charge on any atom is -0.432 e. The van der Waals surface area contributed by atoms with Crippen LogP contribution in [0.5, 0.6) is 0 Å². The Balaban J connectivity index is 2.36. The minimum absolute atomic E-state index is 0.00646. The summed E-state index contributed by atoms with van der Waals surface area (Å²) in [6.45, 7) is 14.5. The van der Waals surface area contributed by atoms with Crippen molar-refractivity contribution in [3.05, 3.63) is 0 Å². The SMILES string of the molecule is CCCCCCCCCCCCCC[C@H]1OC(C)(C)O[C@H]1[C@H](CO)CC(C)(C)[Si](C)(C)O. The number of ether oxygens (including phenoxy) is 2. The van der Waals surface area contributed by atoms with Gasteiger partial charge >= 0.3 is 0 Å². The standard InChI is InChI=1S/C27H56O4Si/c1-8-9-10-11-12-13-14-15-16-17-18-19-20-24-25(31-27(4,5)30-24)23(22-28)21-26(2,3)32(6,7)29/h23-25,28-29H,8-22H2,1-7H3/t23-,24+,25-/m0/s1. The molecule has 1 fully saturated rings. The number of aliphatic hydroxyl groups excluding tert-OH is 1. The Labute approximate surface area is 201 Å². The Kier molecular flexibility index (Phi) is 13.6. The van der Waals surface area contributed by atoms with Crippen LogP contribution in [0, 0.1) is 5.92 Å². The Morgan fingerprint density at radius 2 is 1.31 bits per heavy atom. The number of hydrogen-bond donors (Lipinski definition) is 2. The van der Waals surface area contributed by atoms with E-state index in [2.05, 4.69) is 20.8 Å². The number of aliphatic hydroxyl groups is 1. The van der Waals surface area contributed by atoms with Gasteiger partial charge in [0.05, 0.1) is 12.2 Å². The van der Waals surface area contributed by atoms with Crippen LogP contribution in [0.15, 0.2) is 0 Å². The first-order chi connectivity index (χ1) is 14.9. The molecule has 0 bridgehead atoms. The summed E-state index contributed by atoms with van der Waals surface area (Å²) < 4.78 is 12.5. The third kappa shape index (κ3) is 11.0. The maximum atomic E-state index is 10.7. The molecule has 4 nitrogen and oxygen atoms in total. The molecule has 0 aromatic rings. The van der Waals surface area contributed by atoms with E-state index in [4.69, 9.17) is 9.47 Å². The van der Waals surface area contributed by atoms with Gasteiger partial charge in [-0.05, 0) is 44.8 Å². The van der Waals surface area contributed by atoms with Crippen LogP contribution in [0.2, 0.25) is 18.1 Å². The van der Waals surface area contributed by atoms with Crippen LogP contribution in [0.25, 0.3) is 0 Å². The Morgan fingerprint density at radius 1 is 0.844 bits per heavy atom. The summed E-state index contributed by atoms with van der Waals surface area (Å²) in [6.07, 6.45) is 17.9. The van der Waals surface area contributed by atoms with Gasteiger partial charge in [0.2, 0.25) is 0 Å². The van der Waals surface area contributed by atoms with E-state index in [1.807, 2.05) is 26.9 Å². The maximum absolute atomic E-state index is 10.7. The molecule has 0 aliphatic carbocycles. The van der Waals surface area contributed by atoms with Crippen molar-refractivity contribution in [2.24, 2.45) is 5.92 Å². The van der Waals surface area contributed by atoms with Crippen LogP contribution < -0.4 is 0 Å². The summed E-state index contributed by atoms with van der Waals surface area (Å²) in [5, 5.41) is 9.99. The Bertz CT molecular complexity index is 487. The zero-order valence-electron chi connectivity index (χ0n) is 22.5. The summed E-state index contributed by atoms with van der Waals surface area (Å²) in [4.78, 5) is 10.7. The largest absolute Gasteiger partial charge is 0.432 e. The van der Waals surface area contributed by atoms with Crippen molar-refractivity contribution in [1.29, 1.82) is 0 Å². The first-order valence-electron chi connectivity index (χ1n) is 13.6. The highest BCUT2D eigenvalue weighted by molar-refractivity contribution is 6.72. The topological polar surface area (TPSA) is 58.9 Å². The normalized spacial score (nSPS) is 22.4. The Hall–Kier alpha value is 0.0569. The highest BCUT2D eigenvalue weighted by Gasteiger charge is 2.48. The van der Waals surface area contributed by atoms with E-state index in [0.717, 1.165) is 19.3 Å². The number of unbranched alkanes of at least 4 members (excludes halogenated alkanes) is 11. The average molecular weight is 473 g/mol. The smallest absolute Gasteiger partial charge is 0.188 e. The molecule has 3 atom stereocenters. The van der Waals surface area contributed by atoms with Crippen LogP contribution in [-0.4, -0.2) is 42.8 Å². The lowest BCUT2D eigenvalue weighted by Gasteiger charge is -2.39. The van der Waals surface area contributed by atoms with Gasteiger partial charge in [-0.3, -0.25) is 0 Å². The number of hydrogen-bond acceptors (Lipinski definition) is 4. The summed E-state index contributed by atoms with van der Waals surface area (Å²) in [7, 11) is -2.34. The van der Waals surface area contributed by atoms with Crippen molar-refractivity contribution in [2.75, 3.05) is 6.61 Å². The van der Waals surface area contributed by atoms with Gasteiger partial charge in [-0.15, -0.1) is 0 Å². The second kappa shape index (κ2) is 14.5. The fraction of sp³-hybridized carbons (Fsp3) is 1.00. The van der Waals surface area contributed by atoms with E-state index in [9.17, 15) is 9.90 Å². The van der Waals surface area contributed by atoms with E-state index in [1.165, 1.54) is 70.6 Å². The molecule has 192 valence electrons. The maximum Gasteiger partial charge on any atom is 0.188 e. The summed E-state index contributed by atoms with van der Waals surface area (Å²) in [6, 6.07) is 0. The van der Waals surface area contributed by atoms with E-state index < -0.39 is 14.1 Å². The quantitative estimate of drug-likeness (QED) is 0.159. The number of rotatable bonds is 18. The average Bonchev–Trinajstić information content (AvgIpc) is 3.00. The predicted octanol–water partition coefficient (Wildman–Crippen LogP) is 7.57. The Morgan fingerprint density at radius 3 is 1.75 bits per heavy atom. The van der Waals surface area contributed by atoms with Crippen molar-refractivity contribution in [1.82, 2.24) is 0 Å². The van der Waals surface area contributed by atoms with Gasteiger partial charge in [0.1, 0.15) is 0 Å². The molecule has 0 unspecified atom stereocenters. The van der Waals surface area contributed by atoms with E-state index >= 15 is 0 Å². The van der Waals surface area contributed by atoms with Crippen LogP contribution in [0.1, 0.15) is 125 Å². The first-order valence-corrected chi connectivity index (χ1v) is 16.6. The molecule has 0 spiro atoms. The zero-order valence-corrected chi connectivity index (χ0v) is 23.5. The van der Waals surface area contributed by atoms with Gasteiger partial charge in [0.25, 0.3) is 0 Å². The lowest BCUT2D eigenvalue weighted by molar-refractivity contribution is -0.152. The summed E-state index contributed by atoms with van der Waals surface area (Å²) >= 11 is 0. The van der Waals surface area contributed by atoms with Gasteiger partial charge in [0.15, 0.2) is 14.1 Å². The lowest BCUT2D eigenvalue weighted by atomic mass is 9.88. The molecule has 1 aliphatic heterocycles. The molecule has 0 aromatic heterocycles. The van der Waals surface area contributed by atoms with Gasteiger partial charge in [-0.25, -0.2) is 0 Å². The molecular formula is C27H56O4Si. The molecule has 0 radical (unpaired) electrons. The van der Waals surface area contributed by atoms with Crippen molar-refractivity contribution < 1.29 is 19.4 Å². The molecule has 1 saturated heterocycles. The van der Waals surface area contributed by atoms with Gasteiger partial charge in [-0.2, -0.15) is 0 Å². The molecule has 32 heavy (non-hydrogen) atoms. The molecule has 1 heterocycles. The van der Waals surface area contributed by atoms with Gasteiger partial charge in [-0.1, -0.05) is 97.8 Å². The monoisotopic (exact) mass is 472 g/mol. The fourth-order valence-electron chi connectivity index (χ4n) is 4.86.